The number of benzene rings is 1. The van der Waals surface area contributed by atoms with E-state index in [4.69, 9.17) is 10.5 Å². The standard InChI is InChI=1S/C12H18N2O2/c1-3-9(12(13)15)14-10-7-5-6-8-11(10)16-4-2/h5-9,14H,3-4H2,1-2H3,(H2,13,15). The van der Waals surface area contributed by atoms with Gasteiger partial charge < -0.3 is 15.8 Å². The first kappa shape index (κ1) is 12.4. The van der Waals surface area contributed by atoms with Crippen LogP contribution in [0.4, 0.5) is 5.69 Å². The molecule has 88 valence electrons. The van der Waals surface area contributed by atoms with Gasteiger partial charge in [-0.05, 0) is 25.5 Å². The van der Waals surface area contributed by atoms with Crippen molar-refractivity contribution < 1.29 is 9.53 Å². The van der Waals surface area contributed by atoms with Gasteiger partial charge in [0.25, 0.3) is 0 Å². The lowest BCUT2D eigenvalue weighted by molar-refractivity contribution is -0.118. The van der Waals surface area contributed by atoms with E-state index in [-0.39, 0.29) is 11.9 Å². The molecule has 1 atom stereocenters. The zero-order valence-corrected chi connectivity index (χ0v) is 9.69. The van der Waals surface area contributed by atoms with Crippen LogP contribution < -0.4 is 15.8 Å². The Morgan fingerprint density at radius 1 is 1.44 bits per heavy atom. The van der Waals surface area contributed by atoms with Gasteiger partial charge in [-0.15, -0.1) is 0 Å². The molecule has 0 aliphatic carbocycles. The number of para-hydroxylation sites is 2. The summed E-state index contributed by atoms with van der Waals surface area (Å²) >= 11 is 0. The highest BCUT2D eigenvalue weighted by atomic mass is 16.5. The molecular formula is C12H18N2O2. The smallest absolute Gasteiger partial charge is 0.239 e. The predicted octanol–water partition coefficient (Wildman–Crippen LogP) is 1.76. The van der Waals surface area contributed by atoms with Crippen LogP contribution in [0.15, 0.2) is 24.3 Å². The largest absolute Gasteiger partial charge is 0.492 e. The number of ether oxygens (including phenoxy) is 1. The van der Waals surface area contributed by atoms with Gasteiger partial charge in [0.2, 0.25) is 5.91 Å². The molecule has 1 amide bonds. The summed E-state index contributed by atoms with van der Waals surface area (Å²) in [4.78, 5) is 11.1. The monoisotopic (exact) mass is 222 g/mol. The van der Waals surface area contributed by atoms with Crippen molar-refractivity contribution in [1.82, 2.24) is 0 Å². The van der Waals surface area contributed by atoms with Gasteiger partial charge in [-0.3, -0.25) is 4.79 Å². The third kappa shape index (κ3) is 3.15. The summed E-state index contributed by atoms with van der Waals surface area (Å²) < 4.78 is 5.45. The molecule has 0 fully saturated rings. The van der Waals surface area contributed by atoms with Crippen LogP contribution in [0.1, 0.15) is 20.3 Å². The molecule has 0 bridgehead atoms. The van der Waals surface area contributed by atoms with Gasteiger partial charge in [-0.2, -0.15) is 0 Å². The highest BCUT2D eigenvalue weighted by Gasteiger charge is 2.14. The Balaban J connectivity index is 2.82. The molecule has 0 aliphatic heterocycles. The number of hydrogen-bond donors (Lipinski definition) is 2. The summed E-state index contributed by atoms with van der Waals surface area (Å²) in [6.07, 6.45) is 0.649. The van der Waals surface area contributed by atoms with Gasteiger partial charge in [0.15, 0.2) is 0 Å². The molecular weight excluding hydrogens is 204 g/mol. The van der Waals surface area contributed by atoms with Crippen molar-refractivity contribution in [2.45, 2.75) is 26.3 Å². The minimum absolute atomic E-state index is 0.353. The van der Waals surface area contributed by atoms with E-state index < -0.39 is 0 Å². The molecule has 0 radical (unpaired) electrons. The Morgan fingerprint density at radius 3 is 2.69 bits per heavy atom. The number of hydrogen-bond acceptors (Lipinski definition) is 3. The predicted molar refractivity (Wildman–Crippen MR) is 64.5 cm³/mol. The molecule has 1 aromatic carbocycles. The number of primary amides is 1. The van der Waals surface area contributed by atoms with Crippen LogP contribution in [0.2, 0.25) is 0 Å². The lowest BCUT2D eigenvalue weighted by Gasteiger charge is -2.17. The van der Waals surface area contributed by atoms with E-state index in [9.17, 15) is 4.79 Å². The summed E-state index contributed by atoms with van der Waals surface area (Å²) in [7, 11) is 0. The molecule has 3 N–H and O–H groups in total. The van der Waals surface area contributed by atoms with Crippen LogP contribution in [0.3, 0.4) is 0 Å². The molecule has 16 heavy (non-hydrogen) atoms. The lowest BCUT2D eigenvalue weighted by atomic mass is 10.2. The van der Waals surface area contributed by atoms with Gasteiger partial charge >= 0.3 is 0 Å². The Morgan fingerprint density at radius 2 is 2.12 bits per heavy atom. The van der Waals surface area contributed by atoms with Crippen molar-refractivity contribution in [2.75, 3.05) is 11.9 Å². The first-order valence-corrected chi connectivity index (χ1v) is 5.46. The molecule has 4 heteroatoms. The van der Waals surface area contributed by atoms with E-state index in [0.717, 1.165) is 11.4 Å². The zero-order chi connectivity index (χ0) is 12.0. The van der Waals surface area contributed by atoms with Crippen molar-refractivity contribution in [3.8, 4) is 5.75 Å². The number of carbonyl (C=O) groups is 1. The van der Waals surface area contributed by atoms with E-state index in [1.807, 2.05) is 38.1 Å². The van der Waals surface area contributed by atoms with Crippen LogP contribution in [-0.2, 0) is 4.79 Å². The number of anilines is 1. The molecule has 0 saturated carbocycles. The minimum Gasteiger partial charge on any atom is -0.492 e. The Bertz CT molecular complexity index is 353. The summed E-state index contributed by atoms with van der Waals surface area (Å²) in [6, 6.07) is 7.15. The van der Waals surface area contributed by atoms with Gasteiger partial charge in [0, 0.05) is 0 Å². The second-order valence-electron chi connectivity index (χ2n) is 3.44. The number of nitrogens with one attached hydrogen (secondary N) is 1. The highest BCUT2D eigenvalue weighted by Crippen LogP contribution is 2.24. The van der Waals surface area contributed by atoms with E-state index in [1.54, 1.807) is 0 Å². The Labute approximate surface area is 95.8 Å². The number of rotatable bonds is 6. The molecule has 0 spiro atoms. The fraction of sp³-hybridized carbons (Fsp3) is 0.417. The van der Waals surface area contributed by atoms with Gasteiger partial charge in [0.05, 0.1) is 12.3 Å². The van der Waals surface area contributed by atoms with E-state index in [2.05, 4.69) is 5.32 Å². The molecule has 1 rings (SSSR count). The van der Waals surface area contributed by atoms with Gasteiger partial charge in [-0.1, -0.05) is 19.1 Å². The van der Waals surface area contributed by atoms with Crippen LogP contribution in [0.5, 0.6) is 5.75 Å². The summed E-state index contributed by atoms with van der Waals surface area (Å²) in [5, 5.41) is 3.08. The number of carbonyl (C=O) groups excluding carboxylic acids is 1. The maximum atomic E-state index is 11.1. The SMILES string of the molecule is CCOc1ccccc1NC(CC)C(N)=O. The van der Waals surface area contributed by atoms with Crippen LogP contribution >= 0.6 is 0 Å². The molecule has 0 heterocycles. The first-order chi connectivity index (χ1) is 7.69. The van der Waals surface area contributed by atoms with Crippen molar-refractivity contribution in [3.63, 3.8) is 0 Å². The summed E-state index contributed by atoms with van der Waals surface area (Å²) in [5.41, 5.74) is 6.08. The molecule has 0 aromatic heterocycles. The first-order valence-electron chi connectivity index (χ1n) is 5.46. The topological polar surface area (TPSA) is 64.3 Å². The maximum Gasteiger partial charge on any atom is 0.239 e. The Kier molecular flexibility index (Phi) is 4.64. The van der Waals surface area contributed by atoms with Crippen molar-refractivity contribution in [2.24, 2.45) is 5.73 Å². The Hall–Kier alpha value is -1.71. The lowest BCUT2D eigenvalue weighted by Crippen LogP contribution is -2.34. The number of amides is 1. The molecule has 4 nitrogen and oxygen atoms in total. The van der Waals surface area contributed by atoms with E-state index in [0.29, 0.717) is 13.0 Å². The van der Waals surface area contributed by atoms with Crippen LogP contribution in [-0.4, -0.2) is 18.6 Å². The van der Waals surface area contributed by atoms with E-state index >= 15 is 0 Å². The quantitative estimate of drug-likeness (QED) is 0.770. The maximum absolute atomic E-state index is 11.1. The third-order valence-corrected chi connectivity index (χ3v) is 2.27. The van der Waals surface area contributed by atoms with Gasteiger partial charge in [0.1, 0.15) is 11.8 Å². The molecule has 1 unspecified atom stereocenters. The molecule has 0 aliphatic rings. The fourth-order valence-electron chi connectivity index (χ4n) is 1.43. The summed E-state index contributed by atoms with van der Waals surface area (Å²) in [6.45, 7) is 4.42. The second kappa shape index (κ2) is 6.00. The second-order valence-corrected chi connectivity index (χ2v) is 3.44. The highest BCUT2D eigenvalue weighted by molar-refractivity contribution is 5.83. The average molecular weight is 222 g/mol. The molecule has 1 aromatic rings. The third-order valence-electron chi connectivity index (χ3n) is 2.27. The van der Waals surface area contributed by atoms with Crippen molar-refractivity contribution in [3.05, 3.63) is 24.3 Å². The van der Waals surface area contributed by atoms with Crippen molar-refractivity contribution >= 4 is 11.6 Å². The number of nitrogens with two attached hydrogens (primary N) is 1. The average Bonchev–Trinajstić information content (AvgIpc) is 2.27. The molecule has 0 saturated heterocycles. The fourth-order valence-corrected chi connectivity index (χ4v) is 1.43. The zero-order valence-electron chi connectivity index (χ0n) is 9.69. The normalized spacial score (nSPS) is 11.9. The van der Waals surface area contributed by atoms with E-state index in [1.165, 1.54) is 0 Å². The van der Waals surface area contributed by atoms with Crippen LogP contribution in [0.25, 0.3) is 0 Å². The summed E-state index contributed by atoms with van der Waals surface area (Å²) in [5.74, 6) is 0.388. The van der Waals surface area contributed by atoms with Crippen LogP contribution in [0, 0.1) is 0 Å². The van der Waals surface area contributed by atoms with Crippen molar-refractivity contribution in [1.29, 1.82) is 0 Å². The minimum atomic E-state index is -0.360. The van der Waals surface area contributed by atoms with Gasteiger partial charge in [-0.25, -0.2) is 0 Å².